The first-order valence-electron chi connectivity index (χ1n) is 4.00. The van der Waals surface area contributed by atoms with Gasteiger partial charge in [-0.3, -0.25) is 0 Å². The van der Waals surface area contributed by atoms with E-state index in [9.17, 15) is 4.79 Å². The van der Waals surface area contributed by atoms with Gasteiger partial charge in [0.2, 0.25) is 0 Å². The third kappa shape index (κ3) is 2.69. The second-order valence-corrected chi connectivity index (χ2v) is 5.12. The van der Waals surface area contributed by atoms with Crippen LogP contribution >= 0.6 is 34.7 Å². The van der Waals surface area contributed by atoms with Crippen molar-refractivity contribution in [2.45, 2.75) is 9.37 Å². The summed E-state index contributed by atoms with van der Waals surface area (Å²) in [5.41, 5.74) is 1.69. The van der Waals surface area contributed by atoms with Crippen LogP contribution in [0.25, 0.3) is 0 Å². The number of aromatic carboxylic acids is 1. The van der Waals surface area contributed by atoms with Crippen molar-refractivity contribution in [1.82, 2.24) is 15.2 Å². The molecular formula is C8H4ClN3O2S2. The van der Waals surface area contributed by atoms with Gasteiger partial charge in [0, 0.05) is 0 Å². The Hall–Kier alpha value is -1.18. The number of halogens is 1. The monoisotopic (exact) mass is 273 g/mol. The Morgan fingerprint density at radius 1 is 1.50 bits per heavy atom. The van der Waals surface area contributed by atoms with E-state index in [1.54, 1.807) is 5.51 Å². The maximum atomic E-state index is 10.8. The van der Waals surface area contributed by atoms with Gasteiger partial charge in [-0.25, -0.2) is 9.78 Å². The number of hydrogen-bond donors (Lipinski definition) is 1. The van der Waals surface area contributed by atoms with Crippen molar-refractivity contribution in [3.8, 4) is 0 Å². The average molecular weight is 274 g/mol. The lowest BCUT2D eigenvalue weighted by Crippen LogP contribution is -1.97. The molecule has 0 aliphatic carbocycles. The molecule has 0 atom stereocenters. The third-order valence-electron chi connectivity index (χ3n) is 1.55. The van der Waals surface area contributed by atoms with Gasteiger partial charge in [-0.05, 0) is 23.9 Å². The summed E-state index contributed by atoms with van der Waals surface area (Å²) in [5.74, 6) is -1.04. The third-order valence-corrected chi connectivity index (χ3v) is 3.44. The van der Waals surface area contributed by atoms with Gasteiger partial charge in [0.25, 0.3) is 0 Å². The smallest absolute Gasteiger partial charge is 0.335 e. The molecule has 82 valence electrons. The fraction of sp³-hybridized carbons (Fsp3) is 0. The second kappa shape index (κ2) is 4.77. The number of carboxylic acid groups (broad SMARTS) is 1. The molecule has 0 saturated heterocycles. The summed E-state index contributed by atoms with van der Waals surface area (Å²) in [6.45, 7) is 0. The molecule has 0 aliphatic heterocycles. The van der Waals surface area contributed by atoms with Crippen LogP contribution in [0.1, 0.15) is 10.4 Å². The van der Waals surface area contributed by atoms with E-state index in [1.165, 1.54) is 35.2 Å². The highest BCUT2D eigenvalue weighted by Gasteiger charge is 2.09. The minimum atomic E-state index is -1.04. The Kier molecular flexibility index (Phi) is 3.37. The molecule has 0 amide bonds. The highest BCUT2D eigenvalue weighted by molar-refractivity contribution is 8.00. The Balaban J connectivity index is 2.31. The fourth-order valence-corrected chi connectivity index (χ4v) is 2.66. The van der Waals surface area contributed by atoms with Gasteiger partial charge >= 0.3 is 5.97 Å². The van der Waals surface area contributed by atoms with Crippen LogP contribution in [0.15, 0.2) is 27.0 Å². The topological polar surface area (TPSA) is 76.0 Å². The number of aromatic nitrogens is 3. The molecule has 0 aromatic carbocycles. The molecule has 1 N–H and O–H groups in total. The lowest BCUT2D eigenvalue weighted by molar-refractivity contribution is 0.0696. The largest absolute Gasteiger partial charge is 0.478 e. The lowest BCUT2D eigenvalue weighted by atomic mass is 10.3. The van der Waals surface area contributed by atoms with Gasteiger partial charge < -0.3 is 5.11 Å². The highest BCUT2D eigenvalue weighted by Crippen LogP contribution is 2.28. The van der Waals surface area contributed by atoms with Crippen LogP contribution in [-0.2, 0) is 0 Å². The first-order chi connectivity index (χ1) is 7.65. The first-order valence-corrected chi connectivity index (χ1v) is 6.07. The van der Waals surface area contributed by atoms with E-state index in [0.29, 0.717) is 9.37 Å². The van der Waals surface area contributed by atoms with E-state index in [0.717, 1.165) is 0 Å². The predicted octanol–water partition coefficient (Wildman–Crippen LogP) is 2.44. The zero-order valence-electron chi connectivity index (χ0n) is 7.62. The van der Waals surface area contributed by atoms with E-state index in [-0.39, 0.29) is 10.7 Å². The normalized spacial score (nSPS) is 10.3. The van der Waals surface area contributed by atoms with Crippen molar-refractivity contribution >= 4 is 40.7 Å². The summed E-state index contributed by atoms with van der Waals surface area (Å²) in [5, 5.41) is 17.0. The van der Waals surface area contributed by atoms with Crippen LogP contribution in [0.3, 0.4) is 0 Å². The van der Waals surface area contributed by atoms with Crippen LogP contribution in [0, 0.1) is 0 Å². The zero-order valence-corrected chi connectivity index (χ0v) is 10.0. The molecule has 0 bridgehead atoms. The highest BCUT2D eigenvalue weighted by atomic mass is 35.5. The summed E-state index contributed by atoms with van der Waals surface area (Å²) in [6, 6.07) is 2.74. The summed E-state index contributed by atoms with van der Waals surface area (Å²) in [7, 11) is 0. The van der Waals surface area contributed by atoms with Crippen LogP contribution in [0.2, 0.25) is 5.15 Å². The summed E-state index contributed by atoms with van der Waals surface area (Å²) >= 11 is 8.29. The molecule has 2 heterocycles. The minimum Gasteiger partial charge on any atom is -0.478 e. The maximum absolute atomic E-state index is 10.8. The molecule has 0 aliphatic rings. The van der Waals surface area contributed by atoms with Gasteiger partial charge in [-0.1, -0.05) is 22.9 Å². The molecule has 2 aromatic heterocycles. The van der Waals surface area contributed by atoms with Crippen LogP contribution < -0.4 is 0 Å². The van der Waals surface area contributed by atoms with Crippen LogP contribution in [0.5, 0.6) is 0 Å². The van der Waals surface area contributed by atoms with Crippen LogP contribution in [0.4, 0.5) is 0 Å². The Labute approximate surface area is 104 Å². The van der Waals surface area contributed by atoms with Gasteiger partial charge in [0.1, 0.15) is 15.7 Å². The molecular weight excluding hydrogens is 270 g/mol. The quantitative estimate of drug-likeness (QED) is 0.866. The van der Waals surface area contributed by atoms with E-state index >= 15 is 0 Å². The number of rotatable bonds is 3. The molecule has 0 radical (unpaired) electrons. The average Bonchev–Trinajstić information content (AvgIpc) is 2.69. The van der Waals surface area contributed by atoms with Crippen molar-refractivity contribution < 1.29 is 9.90 Å². The number of hydrogen-bond acceptors (Lipinski definition) is 6. The molecule has 0 unspecified atom stereocenters. The van der Waals surface area contributed by atoms with E-state index in [1.807, 2.05) is 0 Å². The Bertz CT molecular complexity index is 518. The van der Waals surface area contributed by atoms with Gasteiger partial charge in [-0.15, -0.1) is 10.2 Å². The SMILES string of the molecule is O=C(O)c1cc(Cl)nc(Sc2nncs2)c1. The standard InChI is InChI=1S/C8H4ClN3O2S2/c9-5-1-4(7(13)14)2-6(11-5)16-8-12-10-3-15-8/h1-3H,(H,13,14). The molecule has 5 nitrogen and oxygen atoms in total. The molecule has 2 aromatic rings. The molecule has 16 heavy (non-hydrogen) atoms. The number of pyridine rings is 1. The minimum absolute atomic E-state index is 0.104. The van der Waals surface area contributed by atoms with Crippen molar-refractivity contribution in [3.05, 3.63) is 28.4 Å². The number of carboxylic acids is 1. The fourth-order valence-electron chi connectivity index (χ4n) is 0.945. The Morgan fingerprint density at radius 3 is 2.94 bits per heavy atom. The van der Waals surface area contributed by atoms with Crippen molar-refractivity contribution in [1.29, 1.82) is 0 Å². The first kappa shape index (κ1) is 11.3. The van der Waals surface area contributed by atoms with Gasteiger partial charge in [-0.2, -0.15) is 0 Å². The number of carbonyl (C=O) groups is 1. The zero-order chi connectivity index (χ0) is 11.5. The van der Waals surface area contributed by atoms with Crippen LogP contribution in [-0.4, -0.2) is 26.3 Å². The summed E-state index contributed by atoms with van der Waals surface area (Å²) in [4.78, 5) is 14.8. The Morgan fingerprint density at radius 2 is 2.31 bits per heavy atom. The van der Waals surface area contributed by atoms with Crippen molar-refractivity contribution in [2.75, 3.05) is 0 Å². The molecule has 0 saturated carbocycles. The summed E-state index contributed by atoms with van der Waals surface area (Å²) < 4.78 is 0.686. The predicted molar refractivity (Wildman–Crippen MR) is 60.2 cm³/mol. The molecule has 0 spiro atoms. The number of nitrogens with zero attached hydrogens (tertiary/aromatic N) is 3. The maximum Gasteiger partial charge on any atom is 0.335 e. The van der Waals surface area contributed by atoms with E-state index < -0.39 is 5.97 Å². The van der Waals surface area contributed by atoms with Crippen molar-refractivity contribution in [2.24, 2.45) is 0 Å². The summed E-state index contributed by atoms with van der Waals surface area (Å²) in [6.07, 6.45) is 0. The molecule has 8 heteroatoms. The molecule has 2 rings (SSSR count). The lowest BCUT2D eigenvalue weighted by Gasteiger charge is -2.00. The van der Waals surface area contributed by atoms with E-state index in [2.05, 4.69) is 15.2 Å². The van der Waals surface area contributed by atoms with Gasteiger partial charge in [0.05, 0.1) is 5.56 Å². The van der Waals surface area contributed by atoms with E-state index in [4.69, 9.17) is 16.7 Å². The molecule has 0 fully saturated rings. The van der Waals surface area contributed by atoms with Crippen molar-refractivity contribution in [3.63, 3.8) is 0 Å². The van der Waals surface area contributed by atoms with Gasteiger partial charge in [0.15, 0.2) is 4.34 Å². The second-order valence-electron chi connectivity index (χ2n) is 2.63.